The molecule has 0 spiro atoms. The van der Waals surface area contributed by atoms with Crippen LogP contribution in [0.25, 0.3) is 0 Å². The third-order valence-corrected chi connectivity index (χ3v) is 5.41. The second-order valence-electron chi connectivity index (χ2n) is 6.17. The van der Waals surface area contributed by atoms with E-state index in [1.54, 1.807) is 26.0 Å². The summed E-state index contributed by atoms with van der Waals surface area (Å²) in [6.07, 6.45) is -0.795. The Labute approximate surface area is 172 Å². The van der Waals surface area contributed by atoms with Crippen molar-refractivity contribution >= 4 is 41.1 Å². The molecule has 0 fully saturated rings. The number of aromatic nitrogens is 1. The number of ether oxygens (including phenoxy) is 2. The summed E-state index contributed by atoms with van der Waals surface area (Å²) in [5.74, 6) is -0.853. The zero-order valence-corrected chi connectivity index (χ0v) is 17.7. The van der Waals surface area contributed by atoms with E-state index in [1.165, 1.54) is 25.8 Å². The van der Waals surface area contributed by atoms with Gasteiger partial charge in [0.05, 0.1) is 24.8 Å². The number of hydrogen-bond donors (Lipinski definition) is 1. The van der Waals surface area contributed by atoms with Gasteiger partial charge in [-0.1, -0.05) is 11.6 Å². The molecule has 0 bridgehead atoms. The molecule has 0 saturated carbocycles. The molecule has 0 aliphatic carbocycles. The summed E-state index contributed by atoms with van der Waals surface area (Å²) < 4.78 is 9.99. The monoisotopic (exact) mass is 423 g/mol. The number of thioether (sulfide) groups is 1. The lowest BCUT2D eigenvalue weighted by atomic mass is 10.1. The molecule has 28 heavy (non-hydrogen) atoms. The fraction of sp³-hybridized carbons (Fsp3) is 0.350. The number of esters is 2. The maximum Gasteiger partial charge on any atom is 0.339 e. The number of aromatic amines is 1. The largest absolute Gasteiger partial charge is 0.465 e. The highest BCUT2D eigenvalue weighted by Crippen LogP contribution is 2.22. The van der Waals surface area contributed by atoms with Gasteiger partial charge in [-0.2, -0.15) is 0 Å². The van der Waals surface area contributed by atoms with E-state index in [0.29, 0.717) is 27.6 Å². The molecule has 0 aliphatic rings. The lowest BCUT2D eigenvalue weighted by Gasteiger charge is -2.12. The summed E-state index contributed by atoms with van der Waals surface area (Å²) in [5.41, 5.74) is 1.58. The number of hydrogen-bond acceptors (Lipinski definition) is 6. The Bertz CT molecular complexity index is 875. The van der Waals surface area contributed by atoms with Gasteiger partial charge in [-0.25, -0.2) is 4.79 Å². The highest BCUT2D eigenvalue weighted by Gasteiger charge is 2.27. The van der Waals surface area contributed by atoms with Gasteiger partial charge in [-0.15, -0.1) is 11.8 Å². The van der Waals surface area contributed by atoms with Gasteiger partial charge in [-0.3, -0.25) is 9.59 Å². The van der Waals surface area contributed by atoms with E-state index in [9.17, 15) is 14.4 Å². The first-order valence-electron chi connectivity index (χ1n) is 8.64. The first kappa shape index (κ1) is 22.0. The fourth-order valence-electron chi connectivity index (χ4n) is 2.70. The Morgan fingerprint density at radius 1 is 1.18 bits per heavy atom. The molecular formula is C20H22ClNO5S. The number of carbonyl (C=O) groups excluding carboxylic acids is 3. The number of rotatable bonds is 8. The minimum Gasteiger partial charge on any atom is -0.465 e. The maximum absolute atomic E-state index is 12.6. The smallest absolute Gasteiger partial charge is 0.339 e. The lowest BCUT2D eigenvalue weighted by Crippen LogP contribution is -2.25. The molecular weight excluding hydrogens is 402 g/mol. The van der Waals surface area contributed by atoms with Crippen molar-refractivity contribution in [2.75, 3.05) is 12.9 Å². The summed E-state index contributed by atoms with van der Waals surface area (Å²) in [4.78, 5) is 40.4. The van der Waals surface area contributed by atoms with Crippen molar-refractivity contribution in [2.24, 2.45) is 0 Å². The van der Waals surface area contributed by atoms with Gasteiger partial charge >= 0.3 is 11.9 Å². The molecule has 0 unspecified atom stereocenters. The predicted molar refractivity (Wildman–Crippen MR) is 108 cm³/mol. The molecule has 1 aromatic carbocycles. The van der Waals surface area contributed by atoms with Crippen molar-refractivity contribution < 1.29 is 23.9 Å². The van der Waals surface area contributed by atoms with Gasteiger partial charge in [0.15, 0.2) is 6.10 Å². The van der Waals surface area contributed by atoms with Crippen LogP contribution in [-0.2, 0) is 14.3 Å². The average molecular weight is 424 g/mol. The predicted octanol–water partition coefficient (Wildman–Crippen LogP) is 4.37. The number of nitrogens with one attached hydrogen (secondary N) is 1. The SMILES string of the molecule is COC(=O)c1c(C)[nH]c(C(=O)[C@H](C)OC(=O)CCSc2ccc(Cl)cc2)c1C. The zero-order chi connectivity index (χ0) is 20.8. The number of ketones is 1. The van der Waals surface area contributed by atoms with Crippen LogP contribution >= 0.6 is 23.4 Å². The number of Topliss-reactive ketones (excluding diaryl/α,β-unsaturated/α-hetero) is 1. The molecule has 0 saturated heterocycles. The Balaban J connectivity index is 1.92. The number of H-pyrrole nitrogens is 1. The second kappa shape index (κ2) is 9.80. The summed E-state index contributed by atoms with van der Waals surface area (Å²) in [5, 5.41) is 0.654. The molecule has 2 aromatic rings. The van der Waals surface area contributed by atoms with Crippen LogP contribution in [0.3, 0.4) is 0 Å². The molecule has 0 radical (unpaired) electrons. The van der Waals surface area contributed by atoms with E-state index in [0.717, 1.165) is 4.90 Å². The first-order chi connectivity index (χ1) is 13.2. The highest BCUT2D eigenvalue weighted by molar-refractivity contribution is 7.99. The topological polar surface area (TPSA) is 85.5 Å². The number of carbonyl (C=O) groups is 3. The van der Waals surface area contributed by atoms with E-state index in [1.807, 2.05) is 12.1 Å². The molecule has 8 heteroatoms. The van der Waals surface area contributed by atoms with Gasteiger partial charge in [0, 0.05) is 21.4 Å². The summed E-state index contributed by atoms with van der Waals surface area (Å²) in [6, 6.07) is 7.32. The van der Waals surface area contributed by atoms with Crippen LogP contribution in [0.1, 0.15) is 45.4 Å². The standard InChI is InChI=1S/C20H22ClNO5S/c1-11-17(20(25)26-4)12(2)22-18(11)19(24)13(3)27-16(23)9-10-28-15-7-5-14(21)6-8-15/h5-8,13,22H,9-10H2,1-4H3/t13-/m0/s1. The van der Waals surface area contributed by atoms with Crippen molar-refractivity contribution in [3.63, 3.8) is 0 Å². The minimum atomic E-state index is -0.963. The third-order valence-electron chi connectivity index (χ3n) is 4.14. The van der Waals surface area contributed by atoms with Gasteiger partial charge in [-0.05, 0) is 50.6 Å². The highest BCUT2D eigenvalue weighted by atomic mass is 35.5. The summed E-state index contributed by atoms with van der Waals surface area (Å²) >= 11 is 7.34. The third kappa shape index (κ3) is 5.39. The quantitative estimate of drug-likeness (QED) is 0.385. The van der Waals surface area contributed by atoms with Crippen molar-refractivity contribution in [2.45, 2.75) is 38.2 Å². The van der Waals surface area contributed by atoms with Gasteiger partial charge in [0.2, 0.25) is 5.78 Å². The van der Waals surface area contributed by atoms with Gasteiger partial charge in [0.25, 0.3) is 0 Å². The van der Waals surface area contributed by atoms with Crippen molar-refractivity contribution in [1.82, 2.24) is 4.98 Å². The van der Waals surface area contributed by atoms with Crippen molar-refractivity contribution in [3.05, 3.63) is 51.8 Å². The molecule has 6 nitrogen and oxygen atoms in total. The van der Waals surface area contributed by atoms with E-state index in [-0.39, 0.29) is 12.1 Å². The number of aryl methyl sites for hydroxylation is 1. The van der Waals surface area contributed by atoms with Crippen LogP contribution in [-0.4, -0.2) is 41.7 Å². The fourth-order valence-corrected chi connectivity index (χ4v) is 3.66. The Kier molecular flexibility index (Phi) is 7.71. The van der Waals surface area contributed by atoms with Crippen LogP contribution in [0.4, 0.5) is 0 Å². The van der Waals surface area contributed by atoms with E-state index in [4.69, 9.17) is 21.1 Å². The summed E-state index contributed by atoms with van der Waals surface area (Å²) in [6.45, 7) is 4.85. The van der Waals surface area contributed by atoms with E-state index >= 15 is 0 Å². The van der Waals surface area contributed by atoms with Gasteiger partial charge in [0.1, 0.15) is 0 Å². The molecule has 0 amide bonds. The lowest BCUT2D eigenvalue weighted by molar-refractivity contribution is -0.145. The van der Waals surface area contributed by atoms with Crippen LogP contribution < -0.4 is 0 Å². The molecule has 150 valence electrons. The van der Waals surface area contributed by atoms with Gasteiger partial charge < -0.3 is 14.5 Å². The first-order valence-corrected chi connectivity index (χ1v) is 10.0. The average Bonchev–Trinajstić information content (AvgIpc) is 2.96. The van der Waals surface area contributed by atoms with Crippen LogP contribution in [0.2, 0.25) is 5.02 Å². The molecule has 0 aliphatic heterocycles. The zero-order valence-electron chi connectivity index (χ0n) is 16.1. The molecule has 1 atom stereocenters. The van der Waals surface area contributed by atoms with E-state index < -0.39 is 23.8 Å². The van der Waals surface area contributed by atoms with Crippen LogP contribution in [0.15, 0.2) is 29.2 Å². The van der Waals surface area contributed by atoms with E-state index in [2.05, 4.69) is 4.98 Å². The Morgan fingerprint density at radius 3 is 2.43 bits per heavy atom. The number of methoxy groups -OCH3 is 1. The molecule has 2 rings (SSSR count). The maximum atomic E-state index is 12.6. The Hall–Kier alpha value is -2.25. The van der Waals surface area contributed by atoms with Crippen LogP contribution in [0.5, 0.6) is 0 Å². The number of halogens is 1. The molecule has 1 aromatic heterocycles. The molecule has 1 heterocycles. The normalized spacial score (nSPS) is 11.8. The van der Waals surface area contributed by atoms with Crippen LogP contribution in [0, 0.1) is 13.8 Å². The van der Waals surface area contributed by atoms with Crippen molar-refractivity contribution in [3.8, 4) is 0 Å². The van der Waals surface area contributed by atoms with Crippen molar-refractivity contribution in [1.29, 1.82) is 0 Å². The number of benzene rings is 1. The minimum absolute atomic E-state index is 0.168. The second-order valence-corrected chi connectivity index (χ2v) is 7.77. The molecule has 1 N–H and O–H groups in total. The Morgan fingerprint density at radius 2 is 1.82 bits per heavy atom. The summed E-state index contributed by atoms with van der Waals surface area (Å²) in [7, 11) is 1.28.